The molecule has 3 rings (SSSR count). The molecule has 0 radical (unpaired) electrons. The number of nitrogens with one attached hydrogen (secondary N) is 1. The van der Waals surface area contributed by atoms with Crippen molar-refractivity contribution in [2.45, 2.75) is 38.3 Å². The number of hydrogen-bond donors (Lipinski definition) is 3. The summed E-state index contributed by atoms with van der Waals surface area (Å²) in [4.78, 5) is 22.5. The Morgan fingerprint density at radius 1 is 1.42 bits per heavy atom. The number of ether oxygens (including phenoxy) is 1. The van der Waals surface area contributed by atoms with Crippen LogP contribution in [-0.4, -0.2) is 59.4 Å². The summed E-state index contributed by atoms with van der Waals surface area (Å²) in [5.74, 6) is 0.755. The third kappa shape index (κ3) is 3.76. The number of anilines is 2. The van der Waals surface area contributed by atoms with Gasteiger partial charge in [-0.1, -0.05) is 6.92 Å². The first-order valence-corrected chi connectivity index (χ1v) is 8.48. The molecule has 2 aliphatic rings. The van der Waals surface area contributed by atoms with E-state index in [1.807, 2.05) is 4.90 Å². The number of carbonyl (C=O) groups is 1. The molecule has 0 bridgehead atoms. The van der Waals surface area contributed by atoms with E-state index in [0.717, 1.165) is 25.9 Å². The van der Waals surface area contributed by atoms with Gasteiger partial charge in [0.25, 0.3) is 5.91 Å². The van der Waals surface area contributed by atoms with Crippen LogP contribution in [0.15, 0.2) is 6.20 Å². The Hall–Kier alpha value is -1.93. The van der Waals surface area contributed by atoms with E-state index in [0.29, 0.717) is 37.3 Å². The fourth-order valence-electron chi connectivity index (χ4n) is 3.20. The first kappa shape index (κ1) is 16.9. The molecule has 1 saturated heterocycles. The molecule has 0 aromatic carbocycles. The predicted molar refractivity (Wildman–Crippen MR) is 90.0 cm³/mol. The van der Waals surface area contributed by atoms with Gasteiger partial charge in [0, 0.05) is 25.3 Å². The summed E-state index contributed by atoms with van der Waals surface area (Å²) in [7, 11) is 0. The Labute approximate surface area is 141 Å². The molecule has 8 heteroatoms. The minimum atomic E-state index is -0.559. The van der Waals surface area contributed by atoms with Gasteiger partial charge in [-0.25, -0.2) is 4.98 Å². The van der Waals surface area contributed by atoms with Gasteiger partial charge in [-0.2, -0.15) is 4.98 Å². The standard InChI is InChI=1S/C16H25N5O3/c1-10-2-3-11(8-13(10)22)19-15-12(14(17)23)9-18-16(20-15)21-4-6-24-7-5-21/h9-11,13,22H,2-8H2,1H3,(H2,17,23)(H,18,19,20)/t10-,11-,13-/m1/s1. The number of aliphatic hydroxyl groups is 1. The maximum absolute atomic E-state index is 11.7. The zero-order valence-electron chi connectivity index (χ0n) is 13.9. The molecule has 0 spiro atoms. The first-order chi connectivity index (χ1) is 11.5. The van der Waals surface area contributed by atoms with Crippen molar-refractivity contribution in [3.63, 3.8) is 0 Å². The summed E-state index contributed by atoms with van der Waals surface area (Å²) in [5.41, 5.74) is 5.73. The van der Waals surface area contributed by atoms with Crippen LogP contribution < -0.4 is 16.0 Å². The largest absolute Gasteiger partial charge is 0.393 e. The number of nitrogens with zero attached hydrogens (tertiary/aromatic N) is 3. The quantitative estimate of drug-likeness (QED) is 0.728. The van der Waals surface area contributed by atoms with Crippen LogP contribution in [0.3, 0.4) is 0 Å². The molecular weight excluding hydrogens is 310 g/mol. The molecule has 132 valence electrons. The summed E-state index contributed by atoms with van der Waals surface area (Å²) < 4.78 is 5.34. The number of aliphatic hydroxyl groups excluding tert-OH is 1. The van der Waals surface area contributed by atoms with Crippen LogP contribution in [0, 0.1) is 5.92 Å². The van der Waals surface area contributed by atoms with Gasteiger partial charge < -0.3 is 25.8 Å². The highest BCUT2D eigenvalue weighted by Gasteiger charge is 2.27. The van der Waals surface area contributed by atoms with Crippen LogP contribution in [0.4, 0.5) is 11.8 Å². The van der Waals surface area contributed by atoms with E-state index in [2.05, 4.69) is 22.2 Å². The number of amides is 1. The Morgan fingerprint density at radius 3 is 2.83 bits per heavy atom. The lowest BCUT2D eigenvalue weighted by Gasteiger charge is -2.32. The van der Waals surface area contributed by atoms with Gasteiger partial charge in [-0.15, -0.1) is 0 Å². The Balaban J connectivity index is 1.79. The molecule has 1 aliphatic heterocycles. The molecule has 1 aromatic heterocycles. The molecule has 24 heavy (non-hydrogen) atoms. The van der Waals surface area contributed by atoms with Crippen molar-refractivity contribution in [3.05, 3.63) is 11.8 Å². The van der Waals surface area contributed by atoms with Crippen LogP contribution >= 0.6 is 0 Å². The van der Waals surface area contributed by atoms with Crippen LogP contribution in [0.5, 0.6) is 0 Å². The summed E-state index contributed by atoms with van der Waals surface area (Å²) in [6.45, 7) is 4.76. The van der Waals surface area contributed by atoms with E-state index < -0.39 is 5.91 Å². The maximum Gasteiger partial charge on any atom is 0.254 e. The predicted octanol–water partition coefficient (Wildman–Crippen LogP) is 0.374. The van der Waals surface area contributed by atoms with Crippen molar-refractivity contribution in [1.82, 2.24) is 9.97 Å². The molecule has 3 atom stereocenters. The average molecular weight is 335 g/mol. The van der Waals surface area contributed by atoms with Gasteiger partial charge in [0.2, 0.25) is 5.95 Å². The Morgan fingerprint density at radius 2 is 2.17 bits per heavy atom. The zero-order valence-corrected chi connectivity index (χ0v) is 13.9. The molecule has 1 aromatic rings. The average Bonchev–Trinajstić information content (AvgIpc) is 2.59. The van der Waals surface area contributed by atoms with Gasteiger partial charge in [-0.05, 0) is 25.2 Å². The van der Waals surface area contributed by atoms with Gasteiger partial charge in [0.1, 0.15) is 5.82 Å². The third-order valence-corrected chi connectivity index (χ3v) is 4.83. The number of aromatic nitrogens is 2. The van der Waals surface area contributed by atoms with Gasteiger partial charge >= 0.3 is 0 Å². The summed E-state index contributed by atoms with van der Waals surface area (Å²) in [5, 5.41) is 13.4. The van der Waals surface area contributed by atoms with E-state index in [4.69, 9.17) is 10.5 Å². The van der Waals surface area contributed by atoms with Crippen LogP contribution in [0.25, 0.3) is 0 Å². The summed E-state index contributed by atoms with van der Waals surface area (Å²) in [6.07, 6.45) is 3.63. The molecule has 1 saturated carbocycles. The molecule has 2 fully saturated rings. The summed E-state index contributed by atoms with van der Waals surface area (Å²) in [6, 6.07) is 0.0711. The number of morpholine rings is 1. The lowest BCUT2D eigenvalue weighted by atomic mass is 9.85. The highest BCUT2D eigenvalue weighted by Crippen LogP contribution is 2.27. The van der Waals surface area contributed by atoms with Crippen LogP contribution in [0.2, 0.25) is 0 Å². The van der Waals surface area contributed by atoms with Crippen LogP contribution in [-0.2, 0) is 4.74 Å². The number of rotatable bonds is 4. The minimum Gasteiger partial charge on any atom is -0.393 e. The van der Waals surface area contributed by atoms with E-state index >= 15 is 0 Å². The zero-order chi connectivity index (χ0) is 17.1. The van der Waals surface area contributed by atoms with Gasteiger partial charge in [0.15, 0.2) is 0 Å². The Kier molecular flexibility index (Phi) is 5.15. The van der Waals surface area contributed by atoms with Crippen molar-refractivity contribution in [2.75, 3.05) is 36.5 Å². The molecule has 0 unspecified atom stereocenters. The summed E-state index contributed by atoms with van der Waals surface area (Å²) >= 11 is 0. The Bertz CT molecular complexity index is 591. The first-order valence-electron chi connectivity index (χ1n) is 8.48. The minimum absolute atomic E-state index is 0.0711. The smallest absolute Gasteiger partial charge is 0.254 e. The van der Waals surface area contributed by atoms with E-state index in [1.165, 1.54) is 6.20 Å². The molecule has 4 N–H and O–H groups in total. The van der Waals surface area contributed by atoms with Gasteiger partial charge in [-0.3, -0.25) is 4.79 Å². The van der Waals surface area contributed by atoms with Crippen LogP contribution in [0.1, 0.15) is 36.5 Å². The molecule has 2 heterocycles. The second kappa shape index (κ2) is 7.31. The van der Waals surface area contributed by atoms with Crippen molar-refractivity contribution in [2.24, 2.45) is 11.7 Å². The molecule has 1 amide bonds. The monoisotopic (exact) mass is 335 g/mol. The molecule has 8 nitrogen and oxygen atoms in total. The lowest BCUT2D eigenvalue weighted by molar-refractivity contribution is 0.0739. The maximum atomic E-state index is 11.7. The van der Waals surface area contributed by atoms with E-state index in [-0.39, 0.29) is 17.7 Å². The SMILES string of the molecule is C[C@@H]1CC[C@@H](Nc2nc(N3CCOCC3)ncc2C(N)=O)C[C@H]1O. The van der Waals surface area contributed by atoms with E-state index in [9.17, 15) is 9.90 Å². The van der Waals surface area contributed by atoms with Crippen molar-refractivity contribution < 1.29 is 14.6 Å². The molecule has 1 aliphatic carbocycles. The fourth-order valence-corrected chi connectivity index (χ4v) is 3.20. The third-order valence-electron chi connectivity index (χ3n) is 4.83. The number of nitrogens with two attached hydrogens (primary N) is 1. The van der Waals surface area contributed by atoms with Gasteiger partial charge in [0.05, 0.1) is 24.9 Å². The topological polar surface area (TPSA) is 114 Å². The highest BCUT2D eigenvalue weighted by atomic mass is 16.5. The molecular formula is C16H25N5O3. The fraction of sp³-hybridized carbons (Fsp3) is 0.688. The lowest BCUT2D eigenvalue weighted by Crippen LogP contribution is -2.38. The van der Waals surface area contributed by atoms with Crippen molar-refractivity contribution in [3.8, 4) is 0 Å². The second-order valence-electron chi connectivity index (χ2n) is 6.59. The highest BCUT2D eigenvalue weighted by molar-refractivity contribution is 5.97. The number of primary amides is 1. The van der Waals surface area contributed by atoms with Crippen molar-refractivity contribution >= 4 is 17.7 Å². The second-order valence-corrected chi connectivity index (χ2v) is 6.59. The number of carbonyl (C=O) groups excluding carboxylic acids is 1. The normalized spacial score (nSPS) is 27.8. The van der Waals surface area contributed by atoms with Crippen molar-refractivity contribution in [1.29, 1.82) is 0 Å². The number of hydrogen-bond acceptors (Lipinski definition) is 7. The van der Waals surface area contributed by atoms with E-state index in [1.54, 1.807) is 0 Å².